The molecule has 3 N–H and O–H groups in total. The molecule has 0 aliphatic carbocycles. The summed E-state index contributed by atoms with van der Waals surface area (Å²) in [5.74, 6) is 0.119. The van der Waals surface area contributed by atoms with Gasteiger partial charge in [-0.25, -0.2) is 4.98 Å². The third-order valence-corrected chi connectivity index (χ3v) is 5.90. The van der Waals surface area contributed by atoms with Crippen molar-refractivity contribution in [3.8, 4) is 22.8 Å². The number of hydrogen-bond acceptors (Lipinski definition) is 6. The Kier molecular flexibility index (Phi) is 6.24. The number of aromatic nitrogens is 3. The van der Waals surface area contributed by atoms with Gasteiger partial charge in [0.2, 0.25) is 5.95 Å². The van der Waals surface area contributed by atoms with E-state index in [1.54, 1.807) is 42.7 Å². The van der Waals surface area contributed by atoms with Crippen molar-refractivity contribution in [2.45, 2.75) is 13.0 Å². The largest absolute Gasteiger partial charge is 0.493 e. The number of pyridine rings is 2. The predicted octanol–water partition coefficient (Wildman–Crippen LogP) is 4.88. The van der Waals surface area contributed by atoms with Crippen molar-refractivity contribution in [2.75, 3.05) is 19.0 Å². The van der Waals surface area contributed by atoms with Gasteiger partial charge in [-0.1, -0.05) is 23.7 Å². The molecule has 1 aliphatic heterocycles. The van der Waals surface area contributed by atoms with E-state index in [2.05, 4.69) is 25.6 Å². The van der Waals surface area contributed by atoms with Gasteiger partial charge in [0.25, 0.3) is 5.91 Å². The Morgan fingerprint density at radius 2 is 2.06 bits per heavy atom. The first kappa shape index (κ1) is 22.7. The topological polar surface area (TPSA) is 101 Å². The zero-order chi connectivity index (χ0) is 24.4. The summed E-state index contributed by atoms with van der Waals surface area (Å²) in [5.41, 5.74) is 4.19. The number of methoxy groups -OCH3 is 1. The van der Waals surface area contributed by atoms with E-state index >= 15 is 0 Å². The molecule has 5 rings (SSSR count). The lowest BCUT2D eigenvalue weighted by atomic mass is 10.0. The molecule has 1 aliphatic rings. The van der Waals surface area contributed by atoms with Crippen molar-refractivity contribution in [3.05, 3.63) is 82.8 Å². The van der Waals surface area contributed by atoms with Crippen molar-refractivity contribution in [1.29, 1.82) is 0 Å². The predicted molar refractivity (Wildman–Crippen MR) is 130 cm³/mol. The molecule has 0 saturated heterocycles. The van der Waals surface area contributed by atoms with E-state index < -0.39 is 5.95 Å². The molecule has 0 atom stereocenters. The van der Waals surface area contributed by atoms with Crippen molar-refractivity contribution in [1.82, 2.24) is 20.3 Å². The fourth-order valence-electron chi connectivity index (χ4n) is 4.04. The molecule has 0 bridgehead atoms. The van der Waals surface area contributed by atoms with Gasteiger partial charge in [0.05, 0.1) is 46.7 Å². The second-order valence-electron chi connectivity index (χ2n) is 7.79. The van der Waals surface area contributed by atoms with Crippen LogP contribution in [-0.4, -0.2) is 34.5 Å². The lowest BCUT2D eigenvalue weighted by Crippen LogP contribution is -2.31. The van der Waals surface area contributed by atoms with Crippen LogP contribution in [0.2, 0.25) is 5.02 Å². The Bertz CT molecular complexity index is 1410. The monoisotopic (exact) mass is 493 g/mol. The lowest BCUT2D eigenvalue weighted by Gasteiger charge is -2.17. The van der Waals surface area contributed by atoms with E-state index in [9.17, 15) is 9.18 Å². The molecule has 4 aromatic rings. The Hall–Kier alpha value is -4.11. The van der Waals surface area contributed by atoms with Gasteiger partial charge in [0, 0.05) is 30.4 Å². The van der Waals surface area contributed by atoms with Crippen molar-refractivity contribution in [2.24, 2.45) is 0 Å². The van der Waals surface area contributed by atoms with Crippen LogP contribution < -0.4 is 20.1 Å². The van der Waals surface area contributed by atoms with Crippen LogP contribution in [0.3, 0.4) is 0 Å². The number of aromatic amines is 1. The maximum atomic E-state index is 13.5. The highest BCUT2D eigenvalue weighted by Crippen LogP contribution is 2.42. The highest BCUT2D eigenvalue weighted by Gasteiger charge is 2.28. The molecule has 4 heterocycles. The van der Waals surface area contributed by atoms with Crippen LogP contribution in [0.15, 0.2) is 54.9 Å². The lowest BCUT2D eigenvalue weighted by molar-refractivity contribution is 0.0947. The number of fused-ring (bicyclic) bond motifs is 1. The number of ether oxygens (including phenoxy) is 2. The summed E-state index contributed by atoms with van der Waals surface area (Å²) in [6.45, 7) is 0.568. The summed E-state index contributed by atoms with van der Waals surface area (Å²) >= 11 is 6.32. The van der Waals surface area contributed by atoms with Crippen molar-refractivity contribution in [3.63, 3.8) is 0 Å². The summed E-state index contributed by atoms with van der Waals surface area (Å²) in [5, 5.41) is 6.66. The minimum atomic E-state index is -0.581. The maximum absolute atomic E-state index is 13.5. The average molecular weight is 494 g/mol. The van der Waals surface area contributed by atoms with E-state index in [1.165, 1.54) is 13.2 Å². The number of nitrogens with one attached hydrogen (secondary N) is 3. The van der Waals surface area contributed by atoms with Gasteiger partial charge in [-0.2, -0.15) is 4.39 Å². The quantitative estimate of drug-likeness (QED) is 0.317. The zero-order valence-corrected chi connectivity index (χ0v) is 19.4. The molecule has 35 heavy (non-hydrogen) atoms. The van der Waals surface area contributed by atoms with Crippen molar-refractivity contribution >= 4 is 28.9 Å². The van der Waals surface area contributed by atoms with Crippen molar-refractivity contribution < 1.29 is 18.7 Å². The Labute approximate surface area is 205 Å². The second-order valence-corrected chi connectivity index (χ2v) is 8.20. The number of carbonyl (C=O) groups is 1. The first-order valence-corrected chi connectivity index (χ1v) is 11.2. The van der Waals surface area contributed by atoms with Crippen LogP contribution in [0.1, 0.15) is 21.7 Å². The molecule has 0 radical (unpaired) electrons. The summed E-state index contributed by atoms with van der Waals surface area (Å²) < 4.78 is 25.0. The van der Waals surface area contributed by atoms with Crippen LogP contribution in [0.5, 0.6) is 11.5 Å². The number of nitrogens with zero attached hydrogens (tertiary/aromatic N) is 2. The molecule has 8 nitrogen and oxygen atoms in total. The molecule has 178 valence electrons. The number of anilines is 2. The van der Waals surface area contributed by atoms with Crippen LogP contribution in [0.4, 0.5) is 15.8 Å². The number of hydrogen-bond donors (Lipinski definition) is 3. The second kappa shape index (κ2) is 9.63. The molecule has 0 fully saturated rings. The molecule has 0 saturated carbocycles. The van der Waals surface area contributed by atoms with Gasteiger partial charge in [-0.15, -0.1) is 0 Å². The van der Waals surface area contributed by atoms with Crippen LogP contribution in [0.25, 0.3) is 11.3 Å². The van der Waals surface area contributed by atoms with Crippen LogP contribution >= 0.6 is 11.6 Å². The van der Waals surface area contributed by atoms with Gasteiger partial charge in [0.1, 0.15) is 12.4 Å². The van der Waals surface area contributed by atoms with E-state index in [0.717, 1.165) is 5.69 Å². The molecule has 3 aromatic heterocycles. The summed E-state index contributed by atoms with van der Waals surface area (Å²) in [4.78, 5) is 24.3. The fourth-order valence-corrected chi connectivity index (χ4v) is 4.29. The number of amides is 1. The van der Waals surface area contributed by atoms with E-state index in [1.807, 2.05) is 6.07 Å². The SMILES string of the molecule is COc1c(Cl)cccc1Nc1c(-c2ccncc2OCc2cccc(F)n2)[nH]c2c1C(=O)NCC2. The third kappa shape index (κ3) is 4.50. The number of halogens is 2. The number of carbonyl (C=O) groups excluding carboxylic acids is 1. The van der Waals surface area contributed by atoms with Gasteiger partial charge < -0.3 is 25.1 Å². The standard InChI is InChI=1S/C25H21ClFN5O3/c1-34-24-16(26)5-3-6-18(24)32-23-21-17(9-11-29-25(21)33)31-22(23)15-8-10-28-12-19(15)35-13-14-4-2-7-20(27)30-14/h2-8,10,12,31-32H,9,11,13H2,1H3,(H,29,33). The normalized spacial score (nSPS) is 12.6. The Balaban J connectivity index is 1.58. The zero-order valence-electron chi connectivity index (χ0n) is 18.7. The molecular weight excluding hydrogens is 473 g/mol. The molecular formula is C25H21ClFN5O3. The molecule has 1 aromatic carbocycles. The van der Waals surface area contributed by atoms with Gasteiger partial charge in [0.15, 0.2) is 5.75 Å². The Morgan fingerprint density at radius 1 is 1.20 bits per heavy atom. The van der Waals surface area contributed by atoms with Gasteiger partial charge >= 0.3 is 0 Å². The number of rotatable bonds is 7. The van der Waals surface area contributed by atoms with Crippen LogP contribution in [0, 0.1) is 5.95 Å². The smallest absolute Gasteiger partial charge is 0.255 e. The maximum Gasteiger partial charge on any atom is 0.255 e. The van der Waals surface area contributed by atoms with Gasteiger partial charge in [-0.05, 0) is 30.3 Å². The molecule has 0 spiro atoms. The highest BCUT2D eigenvalue weighted by atomic mass is 35.5. The van der Waals surface area contributed by atoms with Gasteiger partial charge in [-0.3, -0.25) is 9.78 Å². The van der Waals surface area contributed by atoms with E-state index in [0.29, 0.717) is 63.4 Å². The molecule has 10 heteroatoms. The first-order valence-electron chi connectivity index (χ1n) is 10.9. The number of H-pyrrole nitrogens is 1. The first-order chi connectivity index (χ1) is 17.0. The summed E-state index contributed by atoms with van der Waals surface area (Å²) in [6, 6.07) is 11.6. The highest BCUT2D eigenvalue weighted by molar-refractivity contribution is 6.32. The van der Waals surface area contributed by atoms with E-state index in [-0.39, 0.29) is 12.5 Å². The van der Waals surface area contributed by atoms with E-state index in [4.69, 9.17) is 21.1 Å². The minimum Gasteiger partial charge on any atom is -0.493 e. The Morgan fingerprint density at radius 3 is 2.89 bits per heavy atom. The number of benzene rings is 1. The van der Waals surface area contributed by atoms with Crippen LogP contribution in [-0.2, 0) is 13.0 Å². The molecule has 1 amide bonds. The fraction of sp³-hybridized carbons (Fsp3) is 0.160. The third-order valence-electron chi connectivity index (χ3n) is 5.60. The number of para-hydroxylation sites is 1. The average Bonchev–Trinajstić information content (AvgIpc) is 3.22. The summed E-state index contributed by atoms with van der Waals surface area (Å²) in [7, 11) is 1.53. The minimum absolute atomic E-state index is 0.0439. The summed E-state index contributed by atoms with van der Waals surface area (Å²) in [6.07, 6.45) is 3.83. The molecule has 0 unspecified atom stereocenters.